The molecule has 1 rings (SSSR count). The second kappa shape index (κ2) is 8.20. The van der Waals surface area contributed by atoms with E-state index in [-0.39, 0.29) is 24.8 Å². The van der Waals surface area contributed by atoms with E-state index in [1.54, 1.807) is 7.11 Å². The molecule has 1 aromatic carbocycles. The molecular weight excluding hydrogens is 251 g/mol. The summed E-state index contributed by atoms with van der Waals surface area (Å²) in [6.07, 6.45) is 0.191. The summed E-state index contributed by atoms with van der Waals surface area (Å²) < 4.78 is 17.4. The first kappa shape index (κ1) is 15.1. The number of ether oxygens (including phenoxy) is 1. The van der Waals surface area contributed by atoms with Crippen molar-refractivity contribution in [2.45, 2.75) is 6.42 Å². The van der Waals surface area contributed by atoms with Gasteiger partial charge in [-0.15, -0.1) is 0 Å². The van der Waals surface area contributed by atoms with Gasteiger partial charge in [0.2, 0.25) is 5.91 Å². The Kier molecular flexibility index (Phi) is 6.52. The molecule has 0 radical (unpaired) electrons. The summed E-state index contributed by atoms with van der Waals surface area (Å²) in [7, 11) is 1.55. The summed E-state index contributed by atoms with van der Waals surface area (Å²) >= 11 is 0. The largest absolute Gasteiger partial charge is 0.383 e. The SMILES string of the molecule is COCCNC(=O)CCNC(=O)c1ccc(F)cc1. The fourth-order valence-electron chi connectivity index (χ4n) is 1.37. The van der Waals surface area contributed by atoms with E-state index < -0.39 is 5.82 Å². The van der Waals surface area contributed by atoms with Crippen molar-refractivity contribution < 1.29 is 18.7 Å². The van der Waals surface area contributed by atoms with Crippen LogP contribution in [0.25, 0.3) is 0 Å². The lowest BCUT2D eigenvalue weighted by atomic mass is 10.2. The quantitative estimate of drug-likeness (QED) is 0.716. The van der Waals surface area contributed by atoms with Gasteiger partial charge in [0, 0.05) is 32.2 Å². The van der Waals surface area contributed by atoms with Gasteiger partial charge in [0.25, 0.3) is 5.91 Å². The summed E-state index contributed by atoms with van der Waals surface area (Å²) in [5.41, 5.74) is 0.362. The van der Waals surface area contributed by atoms with Gasteiger partial charge in [0.15, 0.2) is 0 Å². The van der Waals surface area contributed by atoms with Crippen LogP contribution in [0.15, 0.2) is 24.3 Å². The monoisotopic (exact) mass is 268 g/mol. The van der Waals surface area contributed by atoms with Crippen molar-refractivity contribution in [3.63, 3.8) is 0 Å². The Labute approximate surface area is 111 Å². The maximum Gasteiger partial charge on any atom is 0.251 e. The number of nitrogens with one attached hydrogen (secondary N) is 2. The molecule has 0 unspecified atom stereocenters. The number of hydrogen-bond donors (Lipinski definition) is 2. The third-order valence-electron chi connectivity index (χ3n) is 2.37. The minimum atomic E-state index is -0.394. The molecule has 0 aromatic heterocycles. The number of benzene rings is 1. The van der Waals surface area contributed by atoms with Gasteiger partial charge in [-0.3, -0.25) is 9.59 Å². The molecule has 0 spiro atoms. The van der Waals surface area contributed by atoms with Crippen LogP contribution >= 0.6 is 0 Å². The normalized spacial score (nSPS) is 10.0. The van der Waals surface area contributed by atoms with Crippen molar-refractivity contribution in [3.8, 4) is 0 Å². The van der Waals surface area contributed by atoms with Crippen molar-refractivity contribution in [2.75, 3.05) is 26.8 Å². The molecule has 104 valence electrons. The highest BCUT2D eigenvalue weighted by Gasteiger charge is 2.06. The van der Waals surface area contributed by atoms with E-state index in [9.17, 15) is 14.0 Å². The maximum absolute atomic E-state index is 12.7. The highest BCUT2D eigenvalue weighted by Crippen LogP contribution is 2.02. The first-order valence-electron chi connectivity index (χ1n) is 5.93. The van der Waals surface area contributed by atoms with Gasteiger partial charge in [-0.2, -0.15) is 0 Å². The van der Waals surface area contributed by atoms with Crippen LogP contribution in [0.1, 0.15) is 16.8 Å². The molecule has 0 heterocycles. The summed E-state index contributed by atoms with van der Waals surface area (Å²) in [4.78, 5) is 22.9. The molecule has 0 saturated carbocycles. The zero-order chi connectivity index (χ0) is 14.1. The second-order valence-electron chi connectivity index (χ2n) is 3.86. The Balaban J connectivity index is 2.23. The molecular formula is C13H17FN2O3. The van der Waals surface area contributed by atoms with Crippen molar-refractivity contribution in [2.24, 2.45) is 0 Å². The van der Waals surface area contributed by atoms with Crippen LogP contribution in [0.2, 0.25) is 0 Å². The zero-order valence-corrected chi connectivity index (χ0v) is 10.7. The number of carbonyl (C=O) groups excluding carboxylic acids is 2. The van der Waals surface area contributed by atoms with Crippen LogP contribution in [0.3, 0.4) is 0 Å². The topological polar surface area (TPSA) is 67.4 Å². The molecule has 0 aliphatic carbocycles. The number of halogens is 1. The Morgan fingerprint density at radius 1 is 1.16 bits per heavy atom. The number of rotatable bonds is 7. The van der Waals surface area contributed by atoms with Crippen molar-refractivity contribution in [1.82, 2.24) is 10.6 Å². The second-order valence-corrected chi connectivity index (χ2v) is 3.86. The first-order chi connectivity index (χ1) is 9.13. The minimum Gasteiger partial charge on any atom is -0.383 e. The van der Waals surface area contributed by atoms with Crippen molar-refractivity contribution in [1.29, 1.82) is 0 Å². The zero-order valence-electron chi connectivity index (χ0n) is 10.7. The number of carbonyl (C=O) groups is 2. The van der Waals surface area contributed by atoms with Gasteiger partial charge in [-0.1, -0.05) is 0 Å². The van der Waals surface area contributed by atoms with Crippen LogP contribution in [0.4, 0.5) is 4.39 Å². The maximum atomic E-state index is 12.7. The van der Waals surface area contributed by atoms with Crippen LogP contribution in [-0.4, -0.2) is 38.6 Å². The molecule has 6 heteroatoms. The van der Waals surface area contributed by atoms with E-state index >= 15 is 0 Å². The van der Waals surface area contributed by atoms with Gasteiger partial charge in [0.1, 0.15) is 5.82 Å². The third-order valence-corrected chi connectivity index (χ3v) is 2.37. The van der Waals surface area contributed by atoms with Crippen molar-refractivity contribution >= 4 is 11.8 Å². The average molecular weight is 268 g/mol. The molecule has 0 bridgehead atoms. The fraction of sp³-hybridized carbons (Fsp3) is 0.385. The third kappa shape index (κ3) is 5.96. The Morgan fingerprint density at radius 3 is 2.47 bits per heavy atom. The Bertz CT molecular complexity index is 420. The Morgan fingerprint density at radius 2 is 1.84 bits per heavy atom. The predicted octanol–water partition coefficient (Wildman–Crippen LogP) is 0.708. The molecule has 2 amide bonds. The number of amides is 2. The van der Waals surface area contributed by atoms with E-state index in [1.807, 2.05) is 0 Å². The van der Waals surface area contributed by atoms with E-state index in [2.05, 4.69) is 10.6 Å². The molecule has 5 nitrogen and oxygen atoms in total. The van der Waals surface area contributed by atoms with Gasteiger partial charge in [-0.05, 0) is 24.3 Å². The van der Waals surface area contributed by atoms with E-state index in [1.165, 1.54) is 24.3 Å². The highest BCUT2D eigenvalue weighted by atomic mass is 19.1. The molecule has 0 atom stereocenters. The molecule has 1 aromatic rings. The summed E-state index contributed by atoms with van der Waals surface area (Å²) in [6.45, 7) is 1.13. The van der Waals surface area contributed by atoms with Crippen molar-refractivity contribution in [3.05, 3.63) is 35.6 Å². The smallest absolute Gasteiger partial charge is 0.251 e. The molecule has 0 saturated heterocycles. The molecule has 2 N–H and O–H groups in total. The van der Waals surface area contributed by atoms with Crippen LogP contribution < -0.4 is 10.6 Å². The highest BCUT2D eigenvalue weighted by molar-refractivity contribution is 5.94. The lowest BCUT2D eigenvalue weighted by Crippen LogP contribution is -2.32. The lowest BCUT2D eigenvalue weighted by Gasteiger charge is -2.06. The molecule has 0 aliphatic rings. The van der Waals surface area contributed by atoms with E-state index in [4.69, 9.17) is 4.74 Å². The molecule has 19 heavy (non-hydrogen) atoms. The van der Waals surface area contributed by atoms with Gasteiger partial charge < -0.3 is 15.4 Å². The van der Waals surface area contributed by atoms with Gasteiger partial charge >= 0.3 is 0 Å². The standard InChI is InChI=1S/C13H17FN2O3/c1-19-9-8-15-12(17)6-7-16-13(18)10-2-4-11(14)5-3-10/h2-5H,6-9H2,1H3,(H,15,17)(H,16,18). The van der Waals surface area contributed by atoms with E-state index in [0.29, 0.717) is 18.7 Å². The van der Waals surface area contributed by atoms with Crippen LogP contribution in [0, 0.1) is 5.82 Å². The van der Waals surface area contributed by atoms with Gasteiger partial charge in [0.05, 0.1) is 6.61 Å². The first-order valence-corrected chi connectivity index (χ1v) is 5.93. The number of methoxy groups -OCH3 is 1. The average Bonchev–Trinajstić information content (AvgIpc) is 2.39. The number of hydrogen-bond acceptors (Lipinski definition) is 3. The summed E-state index contributed by atoms with van der Waals surface area (Å²) in [5.74, 6) is -0.879. The molecule has 0 fully saturated rings. The van der Waals surface area contributed by atoms with Crippen LogP contribution in [-0.2, 0) is 9.53 Å². The van der Waals surface area contributed by atoms with E-state index in [0.717, 1.165) is 0 Å². The van der Waals surface area contributed by atoms with Gasteiger partial charge in [-0.25, -0.2) is 4.39 Å². The molecule has 0 aliphatic heterocycles. The predicted molar refractivity (Wildman–Crippen MR) is 68.2 cm³/mol. The summed E-state index contributed by atoms with van der Waals surface area (Å²) in [6, 6.07) is 5.21. The fourth-order valence-corrected chi connectivity index (χ4v) is 1.37. The lowest BCUT2D eigenvalue weighted by molar-refractivity contribution is -0.121. The summed E-state index contributed by atoms with van der Waals surface area (Å²) in [5, 5.41) is 5.23. The minimum absolute atomic E-state index is 0.156. The van der Waals surface area contributed by atoms with Crippen LogP contribution in [0.5, 0.6) is 0 Å². The Hall–Kier alpha value is -1.95.